The first-order valence-corrected chi connectivity index (χ1v) is 1.85. The molecule has 0 heterocycles. The van der Waals surface area contributed by atoms with Crippen molar-refractivity contribution in [2.75, 3.05) is 0 Å². The molecule has 0 saturated carbocycles. The summed E-state index contributed by atoms with van der Waals surface area (Å²) < 4.78 is 34.0. The minimum atomic E-state index is -4.94. The standard InChI is InChI=1S/ClHO4.Na.2H2O/c2-1(3,4)5;;;/h(H,2,3,4,5);;2*1H2/q;+1;;/p-1. The zero-order chi connectivity index (χ0) is 4.50. The first-order chi connectivity index (χ1) is 2.00. The van der Waals surface area contributed by atoms with E-state index in [1.165, 1.54) is 0 Å². The van der Waals surface area contributed by atoms with Crippen LogP contribution in [0.1, 0.15) is 0 Å². The van der Waals surface area contributed by atoms with Gasteiger partial charge in [-0.3, -0.25) is 0 Å². The van der Waals surface area contributed by atoms with Crippen molar-refractivity contribution >= 4 is 0 Å². The summed E-state index contributed by atoms with van der Waals surface area (Å²) >= 11 is 0. The second-order valence-corrected chi connectivity index (χ2v) is 1.13. The number of hydrogen-bond donors (Lipinski definition) is 0. The smallest absolute Gasteiger partial charge is 0.412 e. The molecule has 0 aromatic rings. The third kappa shape index (κ3) is 234. The van der Waals surface area contributed by atoms with E-state index in [-0.39, 0.29) is 40.5 Å². The maximum absolute atomic E-state index is 8.49. The predicted octanol–water partition coefficient (Wildman–Crippen LogP) is -9.40. The summed E-state index contributed by atoms with van der Waals surface area (Å²) in [5.41, 5.74) is 0. The molecule has 0 aromatic heterocycles. The Bertz CT molecular complexity index is 24.0. The molecule has 0 fully saturated rings. The van der Waals surface area contributed by atoms with E-state index in [1.807, 2.05) is 0 Å². The second kappa shape index (κ2) is 8.05. The van der Waals surface area contributed by atoms with E-state index >= 15 is 0 Å². The average Bonchev–Trinajstić information content (AvgIpc) is 0.722. The Hall–Kier alpha value is 1.05. The maximum atomic E-state index is 8.49. The van der Waals surface area contributed by atoms with Gasteiger partial charge in [0, 0.05) is 0 Å². The van der Waals surface area contributed by atoms with Gasteiger partial charge in [-0.2, -0.15) is 0 Å². The molecule has 8 heavy (non-hydrogen) atoms. The van der Waals surface area contributed by atoms with Crippen LogP contribution >= 0.6 is 0 Å². The van der Waals surface area contributed by atoms with Crippen LogP contribution in [0, 0.1) is 10.2 Å². The zero-order valence-corrected chi connectivity index (χ0v) is 6.77. The number of halogens is 1. The van der Waals surface area contributed by atoms with E-state index in [4.69, 9.17) is 18.6 Å². The fourth-order valence-electron chi connectivity index (χ4n) is 0. The molecule has 0 rings (SSSR count). The Morgan fingerprint density at radius 1 is 0.750 bits per heavy atom. The van der Waals surface area contributed by atoms with Gasteiger partial charge >= 0.3 is 29.6 Å². The van der Waals surface area contributed by atoms with Crippen molar-refractivity contribution in [3.05, 3.63) is 0 Å². The van der Waals surface area contributed by atoms with Crippen LogP contribution in [-0.4, -0.2) is 11.0 Å². The molecule has 48 valence electrons. The second-order valence-electron chi connectivity index (χ2n) is 0.378. The maximum Gasteiger partial charge on any atom is 1.00 e. The predicted molar refractivity (Wildman–Crippen MR) is 7.23 cm³/mol. The monoisotopic (exact) mass is 158 g/mol. The van der Waals surface area contributed by atoms with Crippen molar-refractivity contribution in [1.29, 1.82) is 0 Å². The van der Waals surface area contributed by atoms with Crippen LogP contribution in [0.15, 0.2) is 0 Å². The molecule has 0 aliphatic heterocycles. The molecule has 8 heteroatoms. The van der Waals surface area contributed by atoms with Gasteiger partial charge in [-0.1, -0.05) is 0 Å². The fourth-order valence-corrected chi connectivity index (χ4v) is 0. The van der Waals surface area contributed by atoms with E-state index in [2.05, 4.69) is 0 Å². The molecule has 0 aromatic carbocycles. The van der Waals surface area contributed by atoms with Crippen LogP contribution in [0.25, 0.3) is 0 Å². The van der Waals surface area contributed by atoms with Gasteiger partial charge in [0.15, 0.2) is 0 Å². The van der Waals surface area contributed by atoms with Crippen molar-refractivity contribution in [2.24, 2.45) is 0 Å². The fraction of sp³-hybridized carbons (Fsp3) is 0. The molecule has 0 aliphatic carbocycles. The van der Waals surface area contributed by atoms with Gasteiger partial charge in [0.1, 0.15) is 0 Å². The first kappa shape index (κ1) is 23.0. The van der Waals surface area contributed by atoms with Crippen LogP contribution in [0.2, 0.25) is 0 Å². The molecule has 0 spiro atoms. The molecule has 0 radical (unpaired) electrons. The average molecular weight is 158 g/mol. The van der Waals surface area contributed by atoms with Crippen molar-refractivity contribution < 1.29 is 69.4 Å². The minimum Gasteiger partial charge on any atom is -0.412 e. The van der Waals surface area contributed by atoms with E-state index in [1.54, 1.807) is 0 Å². The third-order valence-corrected chi connectivity index (χ3v) is 0. The van der Waals surface area contributed by atoms with Crippen molar-refractivity contribution in [2.45, 2.75) is 0 Å². The van der Waals surface area contributed by atoms with E-state index in [0.717, 1.165) is 0 Å². The van der Waals surface area contributed by atoms with Gasteiger partial charge in [-0.05, 0) is 0 Å². The normalized spacial score (nSPS) is 7.50. The van der Waals surface area contributed by atoms with Crippen LogP contribution in [0.3, 0.4) is 0 Å². The number of hydrogen-bond acceptors (Lipinski definition) is 4. The molecule has 6 nitrogen and oxygen atoms in total. The van der Waals surface area contributed by atoms with Crippen LogP contribution in [-0.2, 0) is 0 Å². The summed E-state index contributed by atoms with van der Waals surface area (Å²) in [7, 11) is -4.94. The molecular weight excluding hydrogens is 154 g/mol. The molecule has 0 saturated heterocycles. The van der Waals surface area contributed by atoms with Crippen LogP contribution in [0.5, 0.6) is 0 Å². The topological polar surface area (TPSA) is 155 Å². The number of rotatable bonds is 0. The zero-order valence-electron chi connectivity index (χ0n) is 4.01. The van der Waals surface area contributed by atoms with Gasteiger partial charge in [0.2, 0.25) is 0 Å². The Balaban J connectivity index is -0.0000000267. The largest absolute Gasteiger partial charge is 1.00 e. The Kier molecular flexibility index (Phi) is 23.1. The van der Waals surface area contributed by atoms with Crippen LogP contribution in [0.4, 0.5) is 0 Å². The Morgan fingerprint density at radius 2 is 0.750 bits per heavy atom. The molecule has 0 amide bonds. The molecule has 0 unspecified atom stereocenters. The van der Waals surface area contributed by atoms with Gasteiger partial charge < -0.3 is 11.0 Å². The van der Waals surface area contributed by atoms with Gasteiger partial charge in [-0.15, -0.1) is 10.2 Å². The first-order valence-electron chi connectivity index (χ1n) is 0.617. The third-order valence-electron chi connectivity index (χ3n) is 0. The summed E-state index contributed by atoms with van der Waals surface area (Å²) in [5, 5.41) is 0. The van der Waals surface area contributed by atoms with Gasteiger partial charge in [0.05, 0.1) is 0 Å². The Labute approximate surface area is 69.4 Å². The summed E-state index contributed by atoms with van der Waals surface area (Å²) in [6.07, 6.45) is 0. The van der Waals surface area contributed by atoms with E-state index in [9.17, 15) is 0 Å². The van der Waals surface area contributed by atoms with Crippen molar-refractivity contribution in [3.63, 3.8) is 0 Å². The molecule has 0 bridgehead atoms. The summed E-state index contributed by atoms with van der Waals surface area (Å²) in [4.78, 5) is 0. The SMILES string of the molecule is O.O.[Na+].[O-][Cl+3]([O-])([O-])[O-]. The summed E-state index contributed by atoms with van der Waals surface area (Å²) in [5.74, 6) is 0. The quantitative estimate of drug-likeness (QED) is 0.321. The molecule has 4 N–H and O–H groups in total. The molecule has 0 atom stereocenters. The molecule has 0 aliphatic rings. The summed E-state index contributed by atoms with van der Waals surface area (Å²) in [6.45, 7) is 0. The van der Waals surface area contributed by atoms with E-state index in [0.29, 0.717) is 0 Å². The van der Waals surface area contributed by atoms with Gasteiger partial charge in [-0.25, -0.2) is 18.6 Å². The Morgan fingerprint density at radius 3 is 0.750 bits per heavy atom. The van der Waals surface area contributed by atoms with Crippen molar-refractivity contribution in [3.8, 4) is 0 Å². The van der Waals surface area contributed by atoms with Crippen LogP contribution < -0.4 is 48.2 Å². The minimum absolute atomic E-state index is 0. The summed E-state index contributed by atoms with van der Waals surface area (Å²) in [6, 6.07) is 0. The molecular formula is H4ClNaO6. The van der Waals surface area contributed by atoms with Crippen molar-refractivity contribution in [1.82, 2.24) is 0 Å². The van der Waals surface area contributed by atoms with Gasteiger partial charge in [0.25, 0.3) is 0 Å². The van der Waals surface area contributed by atoms with E-state index < -0.39 is 10.2 Å².